The average molecular weight is 257 g/mol. The lowest BCUT2D eigenvalue weighted by Gasteiger charge is -2.33. The Kier molecular flexibility index (Phi) is 2.85. The molecule has 98 valence electrons. The van der Waals surface area contributed by atoms with Gasteiger partial charge in [-0.15, -0.1) is 0 Å². The number of amides is 1. The van der Waals surface area contributed by atoms with Crippen LogP contribution in [0.4, 0.5) is 10.5 Å². The van der Waals surface area contributed by atoms with Gasteiger partial charge < -0.3 is 4.74 Å². The summed E-state index contributed by atoms with van der Waals surface area (Å²) in [5, 5.41) is 0. The predicted molar refractivity (Wildman–Crippen MR) is 71.9 cm³/mol. The molecule has 0 spiro atoms. The molecule has 19 heavy (non-hydrogen) atoms. The van der Waals surface area contributed by atoms with E-state index in [1.807, 2.05) is 30.3 Å². The second-order valence-corrected chi connectivity index (χ2v) is 4.71. The molecule has 1 aliphatic heterocycles. The number of anilines is 1. The molecule has 0 radical (unpaired) electrons. The van der Waals surface area contributed by atoms with E-state index in [2.05, 4.69) is 0 Å². The van der Waals surface area contributed by atoms with Gasteiger partial charge >= 0.3 is 6.09 Å². The maximum absolute atomic E-state index is 12.2. The largest absolute Gasteiger partial charge is 0.449 e. The van der Waals surface area contributed by atoms with Crippen LogP contribution in [0.5, 0.6) is 0 Å². The first kappa shape index (κ1) is 12.0. The molecule has 1 saturated carbocycles. The zero-order valence-corrected chi connectivity index (χ0v) is 10.8. The van der Waals surface area contributed by atoms with Crippen molar-refractivity contribution in [1.29, 1.82) is 0 Å². The fourth-order valence-electron chi connectivity index (χ4n) is 2.78. The summed E-state index contributed by atoms with van der Waals surface area (Å²) >= 11 is 0. The van der Waals surface area contributed by atoms with E-state index in [9.17, 15) is 9.59 Å². The molecule has 1 fully saturated rings. The summed E-state index contributed by atoms with van der Waals surface area (Å²) in [5.41, 5.74) is 2.45. The number of carbonyl (C=O) groups is 2. The number of fused-ring (bicyclic) bond motifs is 2. The molecule has 3 rings (SSSR count). The number of nitrogens with zero attached hydrogens (tertiary/aromatic N) is 1. The fraction of sp³-hybridized carbons (Fsp3) is 0.333. The number of benzene rings is 1. The van der Waals surface area contributed by atoms with E-state index < -0.39 is 0 Å². The molecule has 1 heterocycles. The molecule has 4 heteroatoms. The number of hydrogen-bond donors (Lipinski definition) is 0. The van der Waals surface area contributed by atoms with E-state index in [1.165, 1.54) is 0 Å². The van der Waals surface area contributed by atoms with Crippen molar-refractivity contribution < 1.29 is 14.3 Å². The highest BCUT2D eigenvalue weighted by atomic mass is 16.6. The second kappa shape index (κ2) is 4.53. The molecule has 1 aromatic carbocycles. The normalized spacial score (nSPS) is 20.7. The minimum atomic E-state index is -0.375. The first-order chi connectivity index (χ1) is 9.22. The van der Waals surface area contributed by atoms with Crippen molar-refractivity contribution in [2.45, 2.75) is 25.8 Å². The van der Waals surface area contributed by atoms with E-state index in [-0.39, 0.29) is 17.9 Å². The van der Waals surface area contributed by atoms with Gasteiger partial charge in [-0.25, -0.2) is 4.79 Å². The Balaban J connectivity index is 2.10. The van der Waals surface area contributed by atoms with E-state index in [4.69, 9.17) is 4.74 Å². The number of para-hydroxylation sites is 1. The summed E-state index contributed by atoms with van der Waals surface area (Å²) in [6.07, 6.45) is 2.71. The third-order valence-corrected chi connectivity index (χ3v) is 3.61. The molecule has 0 N–H and O–H groups in total. The maximum atomic E-state index is 12.2. The summed E-state index contributed by atoms with van der Waals surface area (Å²) in [5.74, 6) is 0.133. The van der Waals surface area contributed by atoms with Crippen molar-refractivity contribution in [1.82, 2.24) is 0 Å². The van der Waals surface area contributed by atoms with Crippen molar-refractivity contribution in [3.05, 3.63) is 35.4 Å². The van der Waals surface area contributed by atoms with Gasteiger partial charge in [-0.05, 0) is 31.1 Å². The number of Topliss-reactive ketones (excluding diaryl/α,β-unsaturated/α-hetero) is 1. The predicted octanol–water partition coefficient (Wildman–Crippen LogP) is 2.78. The summed E-state index contributed by atoms with van der Waals surface area (Å²) in [7, 11) is 0. The van der Waals surface area contributed by atoms with Gasteiger partial charge in [0.15, 0.2) is 5.78 Å². The van der Waals surface area contributed by atoms with Crippen LogP contribution >= 0.6 is 0 Å². The molecule has 1 aromatic rings. The summed E-state index contributed by atoms with van der Waals surface area (Å²) in [6, 6.07) is 7.43. The van der Waals surface area contributed by atoms with Crippen molar-refractivity contribution in [3.8, 4) is 0 Å². The molecule has 1 atom stereocenters. The highest BCUT2D eigenvalue weighted by Gasteiger charge is 2.40. The molecule has 1 unspecified atom stereocenters. The summed E-state index contributed by atoms with van der Waals surface area (Å²) in [4.78, 5) is 25.7. The van der Waals surface area contributed by atoms with Crippen LogP contribution < -0.4 is 4.90 Å². The first-order valence-electron chi connectivity index (χ1n) is 6.52. The van der Waals surface area contributed by atoms with Gasteiger partial charge in [-0.3, -0.25) is 9.69 Å². The van der Waals surface area contributed by atoms with Gasteiger partial charge in [0.05, 0.1) is 18.3 Å². The molecule has 1 amide bonds. The quantitative estimate of drug-likeness (QED) is 0.777. The average Bonchev–Trinajstić information content (AvgIpc) is 2.78. The molecule has 0 aromatic heterocycles. The molecular weight excluding hydrogens is 242 g/mol. The van der Waals surface area contributed by atoms with Crippen LogP contribution in [0.2, 0.25) is 0 Å². The Bertz CT molecular complexity index is 577. The molecule has 0 saturated heterocycles. The Morgan fingerprint density at radius 3 is 3.00 bits per heavy atom. The topological polar surface area (TPSA) is 46.6 Å². The third-order valence-electron chi connectivity index (χ3n) is 3.61. The van der Waals surface area contributed by atoms with Crippen LogP contribution in [-0.2, 0) is 9.53 Å². The number of ether oxygens (including phenoxy) is 1. The lowest BCUT2D eigenvalue weighted by molar-refractivity contribution is -0.114. The monoisotopic (exact) mass is 257 g/mol. The van der Waals surface area contributed by atoms with Crippen molar-refractivity contribution in [3.63, 3.8) is 0 Å². The first-order valence-corrected chi connectivity index (χ1v) is 6.52. The van der Waals surface area contributed by atoms with Crippen LogP contribution in [0.1, 0.15) is 25.3 Å². The SMILES string of the molecule is CCOC(=O)N1c2ccccc2C=C2C(=O)CCC21. The molecular formula is C15H15NO3. The van der Waals surface area contributed by atoms with Crippen molar-refractivity contribution >= 4 is 23.6 Å². The van der Waals surface area contributed by atoms with Gasteiger partial charge in [0.25, 0.3) is 0 Å². The minimum Gasteiger partial charge on any atom is -0.449 e. The number of carbonyl (C=O) groups excluding carboxylic acids is 2. The Morgan fingerprint density at radius 1 is 1.42 bits per heavy atom. The highest BCUT2D eigenvalue weighted by Crippen LogP contribution is 2.39. The number of rotatable bonds is 1. The lowest BCUT2D eigenvalue weighted by Crippen LogP contribution is -2.42. The molecule has 4 nitrogen and oxygen atoms in total. The zero-order valence-electron chi connectivity index (χ0n) is 10.8. The summed E-state index contributed by atoms with van der Waals surface area (Å²) < 4.78 is 5.13. The second-order valence-electron chi connectivity index (χ2n) is 4.71. The zero-order chi connectivity index (χ0) is 13.4. The smallest absolute Gasteiger partial charge is 0.414 e. The van der Waals surface area contributed by atoms with Crippen molar-refractivity contribution in [2.24, 2.45) is 0 Å². The van der Waals surface area contributed by atoms with E-state index in [1.54, 1.807) is 11.8 Å². The highest BCUT2D eigenvalue weighted by molar-refractivity contribution is 6.09. The molecule has 0 bridgehead atoms. The van der Waals surface area contributed by atoms with Crippen LogP contribution in [0.3, 0.4) is 0 Å². The van der Waals surface area contributed by atoms with E-state index in [0.29, 0.717) is 19.4 Å². The van der Waals surface area contributed by atoms with Crippen LogP contribution in [0.25, 0.3) is 6.08 Å². The van der Waals surface area contributed by atoms with Crippen molar-refractivity contribution in [2.75, 3.05) is 11.5 Å². The van der Waals surface area contributed by atoms with Crippen LogP contribution in [0, 0.1) is 0 Å². The fourth-order valence-corrected chi connectivity index (χ4v) is 2.78. The van der Waals surface area contributed by atoms with Gasteiger partial charge in [0.1, 0.15) is 0 Å². The number of ketones is 1. The van der Waals surface area contributed by atoms with E-state index >= 15 is 0 Å². The van der Waals surface area contributed by atoms with E-state index in [0.717, 1.165) is 16.8 Å². The van der Waals surface area contributed by atoms with Gasteiger partial charge in [0, 0.05) is 12.0 Å². The Morgan fingerprint density at radius 2 is 2.21 bits per heavy atom. The standard InChI is InChI=1S/C15H15NO3/c1-2-19-15(18)16-12-6-4-3-5-10(12)9-11-13(16)7-8-14(11)17/h3-6,9,13H,2,7-8H2,1H3. The molecule has 2 aliphatic rings. The van der Waals surface area contributed by atoms with Gasteiger partial charge in [-0.1, -0.05) is 18.2 Å². The maximum Gasteiger partial charge on any atom is 0.414 e. The van der Waals surface area contributed by atoms with Crippen LogP contribution in [0.15, 0.2) is 29.8 Å². The Labute approximate surface area is 111 Å². The Hall–Kier alpha value is -2.10. The lowest BCUT2D eigenvalue weighted by atomic mass is 9.97. The minimum absolute atomic E-state index is 0.133. The third kappa shape index (κ3) is 1.84. The van der Waals surface area contributed by atoms with Gasteiger partial charge in [0.2, 0.25) is 0 Å². The number of hydrogen-bond acceptors (Lipinski definition) is 3. The van der Waals surface area contributed by atoms with Gasteiger partial charge in [-0.2, -0.15) is 0 Å². The van der Waals surface area contributed by atoms with Crippen LogP contribution in [-0.4, -0.2) is 24.5 Å². The molecule has 1 aliphatic carbocycles. The summed E-state index contributed by atoms with van der Waals surface area (Å²) in [6.45, 7) is 2.11.